The van der Waals surface area contributed by atoms with Crippen LogP contribution in [-0.4, -0.2) is 48.1 Å². The Morgan fingerprint density at radius 1 is 1.35 bits per heavy atom. The molecule has 126 valence electrons. The van der Waals surface area contributed by atoms with E-state index in [2.05, 4.69) is 48.1 Å². The van der Waals surface area contributed by atoms with Gasteiger partial charge in [-0.15, -0.1) is 11.3 Å². The van der Waals surface area contributed by atoms with Crippen molar-refractivity contribution < 1.29 is 0 Å². The van der Waals surface area contributed by atoms with Crippen LogP contribution in [0.1, 0.15) is 38.1 Å². The fourth-order valence-corrected chi connectivity index (χ4v) is 4.47. The van der Waals surface area contributed by atoms with Crippen LogP contribution in [0.2, 0.25) is 0 Å². The molecule has 3 rings (SSSR count). The maximum atomic E-state index is 4.86. The van der Waals surface area contributed by atoms with Crippen molar-refractivity contribution in [3.05, 3.63) is 16.8 Å². The summed E-state index contributed by atoms with van der Waals surface area (Å²) >= 11 is 1.77. The third-order valence-corrected chi connectivity index (χ3v) is 5.58. The van der Waals surface area contributed by atoms with E-state index < -0.39 is 0 Å². The van der Waals surface area contributed by atoms with E-state index in [1.165, 1.54) is 23.8 Å². The Kier molecular flexibility index (Phi) is 4.87. The van der Waals surface area contributed by atoms with Crippen LogP contribution in [0.5, 0.6) is 0 Å². The van der Waals surface area contributed by atoms with Crippen LogP contribution in [0.25, 0.3) is 10.2 Å². The second kappa shape index (κ2) is 6.73. The summed E-state index contributed by atoms with van der Waals surface area (Å²) in [6.45, 7) is 8.74. The maximum Gasteiger partial charge on any atom is 0.141 e. The summed E-state index contributed by atoms with van der Waals surface area (Å²) in [5.74, 6) is 2.70. The van der Waals surface area contributed by atoms with Gasteiger partial charge in [0.25, 0.3) is 0 Å². The van der Waals surface area contributed by atoms with Gasteiger partial charge in [0.2, 0.25) is 0 Å². The molecule has 1 saturated heterocycles. The predicted molar refractivity (Wildman–Crippen MR) is 99.6 cm³/mol. The highest BCUT2D eigenvalue weighted by Crippen LogP contribution is 2.34. The first-order valence-corrected chi connectivity index (χ1v) is 9.49. The third-order valence-electron chi connectivity index (χ3n) is 4.66. The first-order chi connectivity index (χ1) is 11.0. The first-order valence-electron chi connectivity index (χ1n) is 8.61. The van der Waals surface area contributed by atoms with Crippen molar-refractivity contribution in [2.24, 2.45) is 5.92 Å². The van der Waals surface area contributed by atoms with E-state index in [-0.39, 0.29) is 0 Å². The smallest absolute Gasteiger partial charge is 0.141 e. The zero-order chi connectivity index (χ0) is 16.6. The largest absolute Gasteiger partial charge is 0.354 e. The molecule has 1 aliphatic rings. The Morgan fingerprint density at radius 2 is 2.13 bits per heavy atom. The molecule has 1 atom stereocenters. The van der Waals surface area contributed by atoms with Crippen molar-refractivity contribution in [2.75, 3.05) is 32.1 Å². The Balaban J connectivity index is 2.03. The second-order valence-corrected chi connectivity index (χ2v) is 8.20. The van der Waals surface area contributed by atoms with Gasteiger partial charge in [0.05, 0.1) is 5.39 Å². The van der Waals surface area contributed by atoms with Gasteiger partial charge < -0.3 is 9.80 Å². The van der Waals surface area contributed by atoms with E-state index in [0.717, 1.165) is 36.0 Å². The van der Waals surface area contributed by atoms with Gasteiger partial charge in [0.1, 0.15) is 16.5 Å². The fourth-order valence-electron chi connectivity index (χ4n) is 3.47. The van der Waals surface area contributed by atoms with Crippen LogP contribution >= 0.6 is 11.3 Å². The van der Waals surface area contributed by atoms with Crippen LogP contribution in [-0.2, 0) is 6.42 Å². The third kappa shape index (κ3) is 3.50. The number of nitrogens with zero attached hydrogens (tertiary/aromatic N) is 4. The monoisotopic (exact) mass is 332 g/mol. The Bertz CT molecular complexity index is 677. The van der Waals surface area contributed by atoms with E-state index in [1.807, 2.05) is 6.92 Å². The standard InChI is InChI=1S/C18H28N4S/c1-12(2)9-14-11-23-18-16(14)17(19-13(3)20-18)22-8-6-7-15(10-22)21(4)5/h11-12,15H,6-10H2,1-5H3. The molecule has 2 aromatic heterocycles. The number of likely N-dealkylation sites (N-methyl/N-ethyl adjacent to an activating group) is 1. The molecule has 0 radical (unpaired) electrons. The molecule has 0 aliphatic carbocycles. The maximum absolute atomic E-state index is 4.86. The van der Waals surface area contributed by atoms with Crippen LogP contribution < -0.4 is 4.90 Å². The molecule has 2 aromatic rings. The molecule has 3 heterocycles. The Hall–Kier alpha value is -1.20. The average molecular weight is 333 g/mol. The van der Waals surface area contributed by atoms with Crippen LogP contribution in [0, 0.1) is 12.8 Å². The van der Waals surface area contributed by atoms with Crippen molar-refractivity contribution >= 4 is 27.4 Å². The van der Waals surface area contributed by atoms with Gasteiger partial charge in [0, 0.05) is 19.1 Å². The van der Waals surface area contributed by atoms with E-state index in [1.54, 1.807) is 11.3 Å². The second-order valence-electron chi connectivity index (χ2n) is 7.34. The first kappa shape index (κ1) is 16.7. The lowest BCUT2D eigenvalue weighted by Gasteiger charge is -2.37. The quantitative estimate of drug-likeness (QED) is 0.854. The molecule has 0 spiro atoms. The minimum Gasteiger partial charge on any atom is -0.354 e. The molecule has 4 nitrogen and oxygen atoms in total. The molecule has 0 N–H and O–H groups in total. The lowest BCUT2D eigenvalue weighted by Crippen LogP contribution is -2.45. The topological polar surface area (TPSA) is 32.3 Å². The number of aryl methyl sites for hydroxylation is 1. The van der Waals surface area contributed by atoms with Crippen LogP contribution in [0.3, 0.4) is 0 Å². The summed E-state index contributed by atoms with van der Waals surface area (Å²) < 4.78 is 0. The minimum absolute atomic E-state index is 0.612. The minimum atomic E-state index is 0.612. The molecule has 5 heteroatoms. The highest BCUT2D eigenvalue weighted by atomic mass is 32.1. The SMILES string of the molecule is Cc1nc(N2CCCC(N(C)C)C2)c2c(CC(C)C)csc2n1. The van der Waals surface area contributed by atoms with Gasteiger partial charge in [0.15, 0.2) is 0 Å². The number of aromatic nitrogens is 2. The van der Waals surface area contributed by atoms with Crippen LogP contribution in [0.15, 0.2) is 5.38 Å². The number of rotatable bonds is 4. The Labute approximate surface area is 143 Å². The summed E-state index contributed by atoms with van der Waals surface area (Å²) in [5.41, 5.74) is 1.42. The molecular formula is C18H28N4S. The summed E-state index contributed by atoms with van der Waals surface area (Å²) in [6, 6.07) is 0.612. The zero-order valence-corrected chi connectivity index (χ0v) is 15.8. The highest BCUT2D eigenvalue weighted by molar-refractivity contribution is 7.17. The molecule has 0 bridgehead atoms. The zero-order valence-electron chi connectivity index (χ0n) is 15.0. The molecule has 1 unspecified atom stereocenters. The number of piperidine rings is 1. The van der Waals surface area contributed by atoms with E-state index in [0.29, 0.717) is 12.0 Å². The van der Waals surface area contributed by atoms with E-state index in [4.69, 9.17) is 4.98 Å². The molecule has 0 amide bonds. The highest BCUT2D eigenvalue weighted by Gasteiger charge is 2.25. The molecule has 23 heavy (non-hydrogen) atoms. The van der Waals surface area contributed by atoms with Gasteiger partial charge in [-0.3, -0.25) is 0 Å². The summed E-state index contributed by atoms with van der Waals surface area (Å²) in [4.78, 5) is 15.5. The van der Waals surface area contributed by atoms with Gasteiger partial charge in [-0.1, -0.05) is 13.8 Å². The van der Waals surface area contributed by atoms with Crippen molar-refractivity contribution in [2.45, 2.75) is 46.1 Å². The lowest BCUT2D eigenvalue weighted by molar-refractivity contribution is 0.257. The van der Waals surface area contributed by atoms with Crippen molar-refractivity contribution in [3.63, 3.8) is 0 Å². The van der Waals surface area contributed by atoms with Gasteiger partial charge in [-0.05, 0) is 57.1 Å². The molecule has 0 aromatic carbocycles. The van der Waals surface area contributed by atoms with Gasteiger partial charge in [-0.2, -0.15) is 0 Å². The molecule has 0 saturated carbocycles. The van der Waals surface area contributed by atoms with Gasteiger partial charge >= 0.3 is 0 Å². The summed E-state index contributed by atoms with van der Waals surface area (Å²) in [6.07, 6.45) is 3.61. The van der Waals surface area contributed by atoms with Crippen molar-refractivity contribution in [1.29, 1.82) is 0 Å². The summed E-state index contributed by atoms with van der Waals surface area (Å²) in [5, 5.41) is 3.59. The van der Waals surface area contributed by atoms with E-state index >= 15 is 0 Å². The fraction of sp³-hybridized carbons (Fsp3) is 0.667. The lowest BCUT2D eigenvalue weighted by atomic mass is 10.0. The molecule has 1 fully saturated rings. The van der Waals surface area contributed by atoms with E-state index in [9.17, 15) is 0 Å². The van der Waals surface area contributed by atoms with Crippen molar-refractivity contribution in [1.82, 2.24) is 14.9 Å². The normalized spacial score (nSPS) is 19.3. The average Bonchev–Trinajstić information content (AvgIpc) is 2.88. The number of hydrogen-bond donors (Lipinski definition) is 0. The Morgan fingerprint density at radius 3 is 2.83 bits per heavy atom. The van der Waals surface area contributed by atoms with Crippen molar-refractivity contribution in [3.8, 4) is 0 Å². The number of fused-ring (bicyclic) bond motifs is 1. The van der Waals surface area contributed by atoms with Crippen LogP contribution in [0.4, 0.5) is 5.82 Å². The van der Waals surface area contributed by atoms with Gasteiger partial charge in [-0.25, -0.2) is 9.97 Å². The number of hydrogen-bond acceptors (Lipinski definition) is 5. The number of thiophene rings is 1. The molecule has 1 aliphatic heterocycles. The number of anilines is 1. The molecular weight excluding hydrogens is 304 g/mol. The summed E-state index contributed by atoms with van der Waals surface area (Å²) in [7, 11) is 4.37. The predicted octanol–water partition coefficient (Wildman–Crippen LogP) is 3.73.